The molecule has 20 heavy (non-hydrogen) atoms. The molecule has 1 aromatic carbocycles. The van der Waals surface area contributed by atoms with Crippen LogP contribution in [-0.2, 0) is 0 Å². The average molecular weight is 276 g/mol. The van der Waals surface area contributed by atoms with Crippen LogP contribution in [0.4, 0.5) is 10.5 Å². The number of aliphatic hydroxyl groups is 1. The minimum Gasteiger partial charge on any atom is -0.394 e. The van der Waals surface area contributed by atoms with Gasteiger partial charge in [-0.15, -0.1) is 0 Å². The standard InChI is InChI=1S/C16H24N2O2/c1-11-6-7-14(9-13(11)3)17-16(20)18-8-4-5-12(2)15(18)10-19/h6-7,9,12,15,19H,4-5,8,10H2,1-3H3,(H,17,20). The van der Waals surface area contributed by atoms with Gasteiger partial charge in [-0.1, -0.05) is 13.0 Å². The van der Waals surface area contributed by atoms with E-state index in [9.17, 15) is 9.90 Å². The molecule has 110 valence electrons. The van der Waals surface area contributed by atoms with Crippen molar-refractivity contribution in [3.63, 3.8) is 0 Å². The van der Waals surface area contributed by atoms with Crippen molar-refractivity contribution in [3.05, 3.63) is 29.3 Å². The van der Waals surface area contributed by atoms with Gasteiger partial charge in [-0.3, -0.25) is 0 Å². The van der Waals surface area contributed by atoms with Gasteiger partial charge in [-0.2, -0.15) is 0 Å². The summed E-state index contributed by atoms with van der Waals surface area (Å²) in [5.74, 6) is 0.347. The zero-order valence-corrected chi connectivity index (χ0v) is 12.5. The summed E-state index contributed by atoms with van der Waals surface area (Å²) in [6, 6.07) is 5.72. The van der Waals surface area contributed by atoms with Gasteiger partial charge >= 0.3 is 6.03 Å². The van der Waals surface area contributed by atoms with Crippen molar-refractivity contribution in [3.8, 4) is 0 Å². The molecule has 2 rings (SSSR count). The Morgan fingerprint density at radius 3 is 2.80 bits per heavy atom. The molecule has 4 heteroatoms. The SMILES string of the molecule is Cc1ccc(NC(=O)N2CCCC(C)C2CO)cc1C. The van der Waals surface area contributed by atoms with E-state index in [1.54, 1.807) is 4.90 Å². The number of hydrogen-bond donors (Lipinski definition) is 2. The fourth-order valence-corrected chi connectivity index (χ4v) is 2.79. The number of carbonyl (C=O) groups is 1. The second kappa shape index (κ2) is 6.27. The number of aliphatic hydroxyl groups excluding tert-OH is 1. The quantitative estimate of drug-likeness (QED) is 0.872. The van der Waals surface area contributed by atoms with Crippen molar-refractivity contribution in [2.45, 2.75) is 39.7 Å². The van der Waals surface area contributed by atoms with Crippen molar-refractivity contribution < 1.29 is 9.90 Å². The normalized spacial score (nSPS) is 22.7. The maximum absolute atomic E-state index is 12.4. The van der Waals surface area contributed by atoms with E-state index in [0.29, 0.717) is 12.5 Å². The monoisotopic (exact) mass is 276 g/mol. The van der Waals surface area contributed by atoms with Crippen LogP contribution in [-0.4, -0.2) is 35.2 Å². The van der Waals surface area contributed by atoms with E-state index in [1.807, 2.05) is 25.1 Å². The lowest BCUT2D eigenvalue weighted by molar-refractivity contribution is 0.0811. The van der Waals surface area contributed by atoms with Crippen LogP contribution < -0.4 is 5.32 Å². The smallest absolute Gasteiger partial charge is 0.322 e. The molecular formula is C16H24N2O2. The van der Waals surface area contributed by atoms with Crippen LogP contribution in [0.25, 0.3) is 0 Å². The van der Waals surface area contributed by atoms with E-state index in [4.69, 9.17) is 0 Å². The molecule has 2 atom stereocenters. The van der Waals surface area contributed by atoms with Crippen LogP contribution in [0.2, 0.25) is 0 Å². The summed E-state index contributed by atoms with van der Waals surface area (Å²) in [5, 5.41) is 12.4. The van der Waals surface area contributed by atoms with Crippen molar-refractivity contribution >= 4 is 11.7 Å². The van der Waals surface area contributed by atoms with Gasteiger partial charge in [0.25, 0.3) is 0 Å². The number of hydrogen-bond acceptors (Lipinski definition) is 2. The van der Waals surface area contributed by atoms with Gasteiger partial charge in [-0.25, -0.2) is 4.79 Å². The van der Waals surface area contributed by atoms with Crippen LogP contribution in [0.3, 0.4) is 0 Å². The average Bonchev–Trinajstić information content (AvgIpc) is 2.42. The maximum Gasteiger partial charge on any atom is 0.322 e. The maximum atomic E-state index is 12.4. The van der Waals surface area contributed by atoms with Crippen LogP contribution in [0.5, 0.6) is 0 Å². The number of rotatable bonds is 2. The molecule has 0 saturated carbocycles. The van der Waals surface area contributed by atoms with E-state index in [-0.39, 0.29) is 18.7 Å². The van der Waals surface area contributed by atoms with Crippen LogP contribution in [0.1, 0.15) is 30.9 Å². The Morgan fingerprint density at radius 2 is 2.15 bits per heavy atom. The van der Waals surface area contributed by atoms with Crippen molar-refractivity contribution in [2.24, 2.45) is 5.92 Å². The number of anilines is 1. The first-order valence-electron chi connectivity index (χ1n) is 7.28. The largest absolute Gasteiger partial charge is 0.394 e. The van der Waals surface area contributed by atoms with Crippen molar-refractivity contribution in [1.82, 2.24) is 4.90 Å². The Balaban J connectivity index is 2.08. The first-order valence-corrected chi connectivity index (χ1v) is 7.28. The highest BCUT2D eigenvalue weighted by Gasteiger charge is 2.31. The molecule has 0 aromatic heterocycles. The predicted octanol–water partition coefficient (Wildman–Crippen LogP) is 2.93. The summed E-state index contributed by atoms with van der Waals surface area (Å²) in [6.45, 7) is 6.92. The Morgan fingerprint density at radius 1 is 1.40 bits per heavy atom. The molecule has 1 aromatic rings. The molecule has 1 saturated heterocycles. The highest BCUT2D eigenvalue weighted by atomic mass is 16.3. The number of benzene rings is 1. The Bertz CT molecular complexity index is 487. The lowest BCUT2D eigenvalue weighted by Crippen LogP contribution is -2.51. The number of nitrogens with one attached hydrogen (secondary N) is 1. The first-order chi connectivity index (χ1) is 9.52. The number of piperidine rings is 1. The second-order valence-electron chi connectivity index (χ2n) is 5.79. The van der Waals surface area contributed by atoms with Crippen molar-refractivity contribution in [1.29, 1.82) is 0 Å². The summed E-state index contributed by atoms with van der Waals surface area (Å²) < 4.78 is 0. The fraction of sp³-hybridized carbons (Fsp3) is 0.562. The van der Waals surface area contributed by atoms with Crippen LogP contribution in [0, 0.1) is 19.8 Å². The highest BCUT2D eigenvalue weighted by molar-refractivity contribution is 5.89. The van der Waals surface area contributed by atoms with Gasteiger partial charge in [0.05, 0.1) is 12.6 Å². The lowest BCUT2D eigenvalue weighted by Gasteiger charge is -2.38. The van der Waals surface area contributed by atoms with E-state index >= 15 is 0 Å². The number of carbonyl (C=O) groups excluding carboxylic acids is 1. The molecule has 1 heterocycles. The second-order valence-corrected chi connectivity index (χ2v) is 5.79. The van der Waals surface area contributed by atoms with Crippen LogP contribution in [0.15, 0.2) is 18.2 Å². The van der Waals surface area contributed by atoms with E-state index in [0.717, 1.165) is 24.1 Å². The molecule has 2 unspecified atom stereocenters. The Labute approximate surface area is 120 Å². The number of amides is 2. The first kappa shape index (κ1) is 14.9. The molecule has 1 aliphatic heterocycles. The third-order valence-electron chi connectivity index (χ3n) is 4.32. The van der Waals surface area contributed by atoms with Gasteiger partial charge in [0.1, 0.15) is 0 Å². The lowest BCUT2D eigenvalue weighted by atomic mass is 9.91. The summed E-state index contributed by atoms with van der Waals surface area (Å²) in [6.07, 6.45) is 2.07. The van der Waals surface area contributed by atoms with Crippen molar-refractivity contribution in [2.75, 3.05) is 18.5 Å². The molecule has 1 fully saturated rings. The van der Waals surface area contributed by atoms with E-state index < -0.39 is 0 Å². The summed E-state index contributed by atoms with van der Waals surface area (Å²) in [4.78, 5) is 14.1. The minimum absolute atomic E-state index is 0.0293. The van der Waals surface area contributed by atoms with E-state index in [1.165, 1.54) is 5.56 Å². The Hall–Kier alpha value is -1.55. The van der Waals surface area contributed by atoms with Gasteiger partial charge < -0.3 is 15.3 Å². The summed E-state index contributed by atoms with van der Waals surface area (Å²) >= 11 is 0. The molecule has 2 amide bonds. The van der Waals surface area contributed by atoms with Crippen LogP contribution >= 0.6 is 0 Å². The molecule has 4 nitrogen and oxygen atoms in total. The zero-order valence-electron chi connectivity index (χ0n) is 12.5. The third-order valence-corrected chi connectivity index (χ3v) is 4.32. The molecule has 1 aliphatic rings. The van der Waals surface area contributed by atoms with Gasteiger partial charge in [0, 0.05) is 12.2 Å². The summed E-state index contributed by atoms with van der Waals surface area (Å²) in [7, 11) is 0. The minimum atomic E-state index is -0.112. The third kappa shape index (κ3) is 3.12. The molecule has 0 spiro atoms. The Kier molecular flexibility index (Phi) is 4.65. The molecule has 2 N–H and O–H groups in total. The molecular weight excluding hydrogens is 252 g/mol. The van der Waals surface area contributed by atoms with Gasteiger partial charge in [0.15, 0.2) is 0 Å². The number of likely N-dealkylation sites (tertiary alicyclic amines) is 1. The topological polar surface area (TPSA) is 52.6 Å². The van der Waals surface area contributed by atoms with Gasteiger partial charge in [0.2, 0.25) is 0 Å². The fourth-order valence-electron chi connectivity index (χ4n) is 2.79. The number of urea groups is 1. The predicted molar refractivity (Wildman–Crippen MR) is 80.9 cm³/mol. The number of aryl methyl sites for hydroxylation is 2. The molecule has 0 radical (unpaired) electrons. The molecule has 0 aliphatic carbocycles. The van der Waals surface area contributed by atoms with Gasteiger partial charge in [-0.05, 0) is 55.9 Å². The highest BCUT2D eigenvalue weighted by Crippen LogP contribution is 2.24. The van der Waals surface area contributed by atoms with E-state index in [2.05, 4.69) is 19.2 Å². The molecule has 0 bridgehead atoms. The summed E-state index contributed by atoms with van der Waals surface area (Å²) in [5.41, 5.74) is 3.18. The zero-order chi connectivity index (χ0) is 14.7. The number of nitrogens with zero attached hydrogens (tertiary/aromatic N) is 1.